The molecule has 0 spiro atoms. The Labute approximate surface area is 145 Å². The molecule has 1 aliphatic rings. The van der Waals surface area contributed by atoms with Gasteiger partial charge in [-0.2, -0.15) is 0 Å². The van der Waals surface area contributed by atoms with Gasteiger partial charge in [0.2, 0.25) is 5.91 Å². The molecule has 0 aliphatic heterocycles. The number of rotatable bonds is 5. The van der Waals surface area contributed by atoms with Crippen LogP contribution in [0.25, 0.3) is 0 Å². The molecule has 1 fully saturated rings. The van der Waals surface area contributed by atoms with Crippen LogP contribution in [-0.4, -0.2) is 34.6 Å². The van der Waals surface area contributed by atoms with Crippen LogP contribution < -0.4 is 5.73 Å². The van der Waals surface area contributed by atoms with Crippen molar-refractivity contribution in [2.45, 2.75) is 15.8 Å². The van der Waals surface area contributed by atoms with Crippen LogP contribution in [0, 0.1) is 11.2 Å². The van der Waals surface area contributed by atoms with Gasteiger partial charge in [0.1, 0.15) is 5.82 Å². The zero-order valence-electron chi connectivity index (χ0n) is 11.6. The SMILES string of the molecule is COC(=O)C1(C(N)=O)C(I)C1(CCO)c1ccc(F)c(Cl)c1. The Morgan fingerprint density at radius 1 is 1.55 bits per heavy atom. The molecule has 1 saturated carbocycles. The number of benzene rings is 1. The number of hydrogen-bond donors (Lipinski definition) is 2. The normalized spacial score (nSPS) is 30.0. The first-order valence-corrected chi connectivity index (χ1v) is 8.01. The molecule has 22 heavy (non-hydrogen) atoms. The summed E-state index contributed by atoms with van der Waals surface area (Å²) in [6.07, 6.45) is 0.0978. The van der Waals surface area contributed by atoms with E-state index in [1.54, 1.807) is 0 Å². The van der Waals surface area contributed by atoms with Gasteiger partial charge in [0.15, 0.2) is 5.41 Å². The predicted molar refractivity (Wildman–Crippen MR) is 86.2 cm³/mol. The third-order valence-electron chi connectivity index (χ3n) is 4.27. The quantitative estimate of drug-likeness (QED) is 0.314. The van der Waals surface area contributed by atoms with Gasteiger partial charge in [0.05, 0.1) is 12.1 Å². The van der Waals surface area contributed by atoms with E-state index in [-0.39, 0.29) is 18.1 Å². The standard InChI is InChI=1S/C14H14ClFINO4/c1-22-12(21)14(11(18)20)10(17)13(14,4-5-19)7-2-3-9(16)8(15)6-7/h2-3,6,10,19H,4-5H2,1H3,(H2,18,20). The van der Waals surface area contributed by atoms with Crippen molar-refractivity contribution in [3.05, 3.63) is 34.6 Å². The number of aliphatic hydroxyl groups excluding tert-OH is 1. The van der Waals surface area contributed by atoms with Gasteiger partial charge in [-0.05, 0) is 24.1 Å². The van der Waals surface area contributed by atoms with E-state index in [9.17, 15) is 19.1 Å². The molecule has 1 aliphatic carbocycles. The summed E-state index contributed by atoms with van der Waals surface area (Å²) in [6, 6.07) is 3.95. The number of hydrogen-bond acceptors (Lipinski definition) is 4. The molecule has 3 atom stereocenters. The average molecular weight is 442 g/mol. The van der Waals surface area contributed by atoms with Gasteiger partial charge in [-0.1, -0.05) is 40.3 Å². The third kappa shape index (κ3) is 2.05. The van der Waals surface area contributed by atoms with Gasteiger partial charge in [0, 0.05) is 15.9 Å². The Kier molecular flexibility index (Phi) is 4.70. The van der Waals surface area contributed by atoms with E-state index in [1.807, 2.05) is 22.6 Å². The number of esters is 1. The smallest absolute Gasteiger partial charge is 0.323 e. The summed E-state index contributed by atoms with van der Waals surface area (Å²) >= 11 is 7.74. The number of methoxy groups -OCH3 is 1. The van der Waals surface area contributed by atoms with E-state index in [0.717, 1.165) is 13.2 Å². The monoisotopic (exact) mass is 441 g/mol. The molecule has 5 nitrogen and oxygen atoms in total. The molecule has 0 radical (unpaired) electrons. The van der Waals surface area contributed by atoms with Crippen LogP contribution in [0.15, 0.2) is 18.2 Å². The summed E-state index contributed by atoms with van der Waals surface area (Å²) < 4.78 is 17.6. The molecule has 0 aromatic heterocycles. The second-order valence-corrected chi connectivity index (χ2v) is 6.75. The molecule has 2 rings (SSSR count). The maximum atomic E-state index is 13.4. The second kappa shape index (κ2) is 5.93. The van der Waals surface area contributed by atoms with Crippen LogP contribution in [0.5, 0.6) is 0 Å². The number of nitrogens with two attached hydrogens (primary N) is 1. The first kappa shape index (κ1) is 17.4. The highest BCUT2D eigenvalue weighted by Gasteiger charge is 2.84. The van der Waals surface area contributed by atoms with Crippen LogP contribution in [0.2, 0.25) is 5.02 Å². The molecule has 0 saturated heterocycles. The lowest BCUT2D eigenvalue weighted by Gasteiger charge is -2.21. The lowest BCUT2D eigenvalue weighted by Crippen LogP contribution is -2.40. The lowest BCUT2D eigenvalue weighted by molar-refractivity contribution is -0.152. The molecule has 3 N–H and O–H groups in total. The Morgan fingerprint density at radius 2 is 2.18 bits per heavy atom. The minimum Gasteiger partial charge on any atom is -0.468 e. The Balaban J connectivity index is 2.66. The summed E-state index contributed by atoms with van der Waals surface area (Å²) in [4.78, 5) is 24.3. The zero-order chi connectivity index (χ0) is 16.7. The minimum absolute atomic E-state index is 0.0978. The van der Waals surface area contributed by atoms with E-state index >= 15 is 0 Å². The van der Waals surface area contributed by atoms with Gasteiger partial charge in [-0.15, -0.1) is 0 Å². The topological polar surface area (TPSA) is 89.6 Å². The highest BCUT2D eigenvalue weighted by Crippen LogP contribution is 2.71. The second-order valence-electron chi connectivity index (χ2n) is 5.10. The van der Waals surface area contributed by atoms with Crippen molar-refractivity contribution < 1.29 is 23.8 Å². The molecule has 1 aromatic carbocycles. The van der Waals surface area contributed by atoms with Gasteiger partial charge >= 0.3 is 5.97 Å². The highest BCUT2D eigenvalue weighted by molar-refractivity contribution is 14.1. The number of alkyl halides is 1. The molecule has 3 unspecified atom stereocenters. The van der Waals surface area contributed by atoms with Crippen molar-refractivity contribution in [1.82, 2.24) is 0 Å². The average Bonchev–Trinajstić information content (AvgIpc) is 3.02. The van der Waals surface area contributed by atoms with E-state index in [2.05, 4.69) is 0 Å². The number of amides is 1. The number of ether oxygens (including phenoxy) is 1. The van der Waals surface area contributed by atoms with Crippen molar-refractivity contribution in [1.29, 1.82) is 0 Å². The van der Waals surface area contributed by atoms with Gasteiger partial charge < -0.3 is 15.6 Å². The maximum Gasteiger partial charge on any atom is 0.323 e. The van der Waals surface area contributed by atoms with Crippen LogP contribution in [0.3, 0.4) is 0 Å². The number of aliphatic hydroxyl groups is 1. The maximum absolute atomic E-state index is 13.4. The lowest BCUT2D eigenvalue weighted by atomic mass is 9.83. The van der Waals surface area contributed by atoms with Crippen LogP contribution >= 0.6 is 34.2 Å². The molecule has 120 valence electrons. The van der Waals surface area contributed by atoms with Crippen LogP contribution in [-0.2, 0) is 19.7 Å². The van der Waals surface area contributed by atoms with E-state index in [1.165, 1.54) is 12.1 Å². The van der Waals surface area contributed by atoms with E-state index < -0.39 is 32.4 Å². The Hall–Kier alpha value is -0.930. The largest absolute Gasteiger partial charge is 0.468 e. The number of carbonyl (C=O) groups is 2. The number of carbonyl (C=O) groups excluding carboxylic acids is 2. The fourth-order valence-corrected chi connectivity index (χ4v) is 5.45. The van der Waals surface area contributed by atoms with Crippen molar-refractivity contribution in [3.63, 3.8) is 0 Å². The summed E-state index contributed by atoms with van der Waals surface area (Å²) in [5.41, 5.74) is 3.27. The van der Waals surface area contributed by atoms with E-state index in [0.29, 0.717) is 5.56 Å². The van der Waals surface area contributed by atoms with Gasteiger partial charge in [-0.3, -0.25) is 9.59 Å². The first-order valence-electron chi connectivity index (χ1n) is 6.39. The van der Waals surface area contributed by atoms with Crippen molar-refractivity contribution >= 4 is 46.1 Å². The summed E-state index contributed by atoms with van der Waals surface area (Å²) in [5, 5.41) is 9.27. The molecular formula is C14H14ClFINO4. The van der Waals surface area contributed by atoms with Crippen molar-refractivity contribution in [2.24, 2.45) is 11.1 Å². The summed E-state index contributed by atoms with van der Waals surface area (Å²) in [6.45, 7) is -0.277. The summed E-state index contributed by atoms with van der Waals surface area (Å²) in [5.74, 6) is -2.22. The molecular weight excluding hydrogens is 428 g/mol. The molecule has 1 aromatic rings. The molecule has 8 heteroatoms. The molecule has 1 amide bonds. The highest BCUT2D eigenvalue weighted by atomic mass is 127. The number of halogens is 3. The Morgan fingerprint density at radius 3 is 2.64 bits per heavy atom. The third-order valence-corrected chi connectivity index (χ3v) is 6.56. The predicted octanol–water partition coefficient (Wildman–Crippen LogP) is 1.56. The first-order chi connectivity index (χ1) is 10.3. The minimum atomic E-state index is -1.60. The van der Waals surface area contributed by atoms with Crippen LogP contribution in [0.1, 0.15) is 12.0 Å². The Bertz CT molecular complexity index is 643. The fourth-order valence-electron chi connectivity index (χ4n) is 3.17. The van der Waals surface area contributed by atoms with E-state index in [4.69, 9.17) is 22.1 Å². The zero-order valence-corrected chi connectivity index (χ0v) is 14.5. The fraction of sp³-hybridized carbons (Fsp3) is 0.429. The molecule has 0 heterocycles. The molecule has 0 bridgehead atoms. The van der Waals surface area contributed by atoms with Gasteiger partial charge in [-0.25, -0.2) is 4.39 Å². The van der Waals surface area contributed by atoms with Crippen molar-refractivity contribution in [2.75, 3.05) is 13.7 Å². The summed E-state index contributed by atoms with van der Waals surface area (Å²) in [7, 11) is 1.16. The van der Waals surface area contributed by atoms with Crippen LogP contribution in [0.4, 0.5) is 4.39 Å². The van der Waals surface area contributed by atoms with Crippen molar-refractivity contribution in [3.8, 4) is 0 Å². The van der Waals surface area contributed by atoms with Gasteiger partial charge in [0.25, 0.3) is 0 Å². The number of primary amides is 1.